The monoisotopic (exact) mass is 1220 g/mol. The van der Waals surface area contributed by atoms with Crippen molar-refractivity contribution in [1.82, 2.24) is 27.1 Å². The lowest BCUT2D eigenvalue weighted by Gasteiger charge is -2.34. The molecule has 6 unspecified atom stereocenters. The summed E-state index contributed by atoms with van der Waals surface area (Å²) in [6.07, 6.45) is -1.33. The molecule has 6 rings (SSSR count). The number of para-hydroxylation sites is 1. The Morgan fingerprint density at radius 1 is 0.386 bits per heavy atom. The van der Waals surface area contributed by atoms with Gasteiger partial charge in [-0.1, -0.05) is 137 Å². The highest BCUT2D eigenvalue weighted by Crippen LogP contribution is 2.36. The van der Waals surface area contributed by atoms with E-state index in [2.05, 4.69) is 85.5 Å². The number of aryl methyl sites for hydroxylation is 2. The Morgan fingerprint density at radius 2 is 0.578 bits per heavy atom. The van der Waals surface area contributed by atoms with Gasteiger partial charge in [0.1, 0.15) is 0 Å². The van der Waals surface area contributed by atoms with Crippen molar-refractivity contribution in [2.75, 3.05) is 55.2 Å². The van der Waals surface area contributed by atoms with Crippen LogP contribution in [-0.4, -0.2) is 132 Å². The molecule has 6 amide bonds. The van der Waals surface area contributed by atoms with Gasteiger partial charge in [-0.05, 0) is 124 Å². The Balaban J connectivity index is 0.000000267. The fourth-order valence-corrected chi connectivity index (χ4v) is 14.1. The molecule has 3 heterocycles. The van der Waals surface area contributed by atoms with E-state index < -0.39 is 48.7 Å². The summed E-state index contributed by atoms with van der Waals surface area (Å²) in [4.78, 5) is 37.7. The summed E-state index contributed by atoms with van der Waals surface area (Å²) >= 11 is 0. The lowest BCUT2D eigenvalue weighted by Crippen LogP contribution is -2.53. The van der Waals surface area contributed by atoms with Gasteiger partial charge in [0.2, 0.25) is 0 Å². The quantitative estimate of drug-likeness (QED) is 0.0830. The van der Waals surface area contributed by atoms with Crippen LogP contribution in [-0.2, 0) is 44.8 Å². The first-order chi connectivity index (χ1) is 38.3. The molecule has 3 aromatic rings. The van der Waals surface area contributed by atoms with Crippen molar-refractivity contribution in [2.45, 2.75) is 211 Å². The highest BCUT2D eigenvalue weighted by Gasteiger charge is 2.36. The van der Waals surface area contributed by atoms with E-state index in [1.165, 1.54) is 12.9 Å². The van der Waals surface area contributed by atoms with Gasteiger partial charge in [-0.2, -0.15) is 38.2 Å². The summed E-state index contributed by atoms with van der Waals surface area (Å²) < 4.78 is 103. The second-order valence-electron chi connectivity index (χ2n) is 24.3. The molecular weight excluding hydrogens is 1120 g/mol. The number of hydrogen-bond acceptors (Lipinski definition) is 12. The molecule has 3 fully saturated rings. The number of anilines is 3. The second-order valence-corrected chi connectivity index (χ2v) is 29.3. The maximum atomic E-state index is 12.7. The van der Waals surface area contributed by atoms with Gasteiger partial charge in [-0.15, -0.1) is 0 Å². The van der Waals surface area contributed by atoms with Crippen LogP contribution in [0.15, 0.2) is 42.5 Å². The molecule has 0 saturated carbocycles. The molecule has 3 aliphatic rings. The molecule has 468 valence electrons. The van der Waals surface area contributed by atoms with Crippen molar-refractivity contribution in [2.24, 2.45) is 0 Å². The molecule has 3 saturated heterocycles. The van der Waals surface area contributed by atoms with Crippen molar-refractivity contribution < 1.29 is 53.8 Å². The number of carbonyl (C=O) groups excluding carboxylic acids is 3. The molecule has 6 atom stereocenters. The summed E-state index contributed by atoms with van der Waals surface area (Å²) in [6.45, 7) is 40.8. The number of amides is 6. The van der Waals surface area contributed by atoms with E-state index in [0.29, 0.717) is 17.1 Å². The Morgan fingerprint density at radius 3 is 0.771 bits per heavy atom. The lowest BCUT2D eigenvalue weighted by atomic mass is 9.90. The van der Waals surface area contributed by atoms with Crippen LogP contribution in [0.1, 0.15) is 205 Å². The predicted molar refractivity (Wildman–Crippen MR) is 331 cm³/mol. The second kappa shape index (κ2) is 29.9. The zero-order valence-corrected chi connectivity index (χ0v) is 55.1. The molecule has 21 nitrogen and oxygen atoms in total. The summed E-state index contributed by atoms with van der Waals surface area (Å²) in [7, 11) is -11.8. The van der Waals surface area contributed by atoms with E-state index in [1.54, 1.807) is 0 Å². The molecule has 0 aromatic heterocycles. The van der Waals surface area contributed by atoms with Gasteiger partial charge in [0.05, 0.1) is 36.6 Å². The minimum absolute atomic E-state index is 0.185. The van der Waals surface area contributed by atoms with Gasteiger partial charge in [0.15, 0.2) is 0 Å². The van der Waals surface area contributed by atoms with E-state index in [9.17, 15) is 39.6 Å². The number of morpholine rings is 3. The van der Waals surface area contributed by atoms with Crippen LogP contribution in [0.4, 0.5) is 31.4 Å². The van der Waals surface area contributed by atoms with Gasteiger partial charge in [-0.3, -0.25) is 0 Å². The van der Waals surface area contributed by atoms with Crippen LogP contribution in [0.5, 0.6) is 0 Å². The Bertz CT molecular complexity index is 2810. The van der Waals surface area contributed by atoms with Crippen LogP contribution in [0.2, 0.25) is 0 Å². The highest BCUT2D eigenvalue weighted by molar-refractivity contribution is 7.88. The molecule has 3 aliphatic heterocycles. The van der Waals surface area contributed by atoms with Gasteiger partial charge in [0.25, 0.3) is 0 Å². The fraction of sp³-hybridized carbons (Fsp3) is 0.644. The van der Waals surface area contributed by atoms with Crippen molar-refractivity contribution in [1.29, 1.82) is 0 Å². The Hall–Kier alpha value is -4.92. The summed E-state index contributed by atoms with van der Waals surface area (Å²) in [6, 6.07) is 11.7. The smallest absolute Gasteiger partial charge is 0.333 e. The van der Waals surface area contributed by atoms with E-state index in [0.717, 1.165) is 44.5 Å². The number of hydrogen-bond donors (Lipinski definition) is 6. The van der Waals surface area contributed by atoms with Crippen LogP contribution in [0.3, 0.4) is 0 Å². The standard InChI is InChI=1S/2C20H33N3O4S.C19H31N3O4S/c2*1-12(2)17-8-14(5)9-18(13(3)4)19(17)21-20(24)22-28(25,26)23-10-15(6)27-16(7)11-23;1-12(2)16-8-7-9-17(13(3)4)18(16)20-19(23)21-27(24,25)22-10-14(5)26-15(6)11-22/h2*8-9,12-13,15-16H,10-11H2,1-7H3,(H2,21,22,24);7-9,12-15H,10-11H2,1-6H3,(H2,20,21,23). The number of carbonyl (C=O) groups is 3. The van der Waals surface area contributed by atoms with Gasteiger partial charge >= 0.3 is 48.7 Å². The average molecular weight is 1220 g/mol. The van der Waals surface area contributed by atoms with Crippen molar-refractivity contribution in [3.8, 4) is 0 Å². The van der Waals surface area contributed by atoms with Crippen LogP contribution in [0.25, 0.3) is 0 Å². The maximum Gasteiger partial charge on any atom is 0.333 e. The molecule has 0 aliphatic carbocycles. The maximum absolute atomic E-state index is 12.7. The van der Waals surface area contributed by atoms with Crippen molar-refractivity contribution in [3.05, 3.63) is 87.0 Å². The zero-order chi connectivity index (χ0) is 62.8. The van der Waals surface area contributed by atoms with Gasteiger partial charge in [-0.25, -0.2) is 28.5 Å². The molecule has 83 heavy (non-hydrogen) atoms. The third-order valence-electron chi connectivity index (χ3n) is 14.1. The number of ether oxygens (including phenoxy) is 3. The Labute approximate surface area is 497 Å². The first-order valence-electron chi connectivity index (χ1n) is 29.0. The first-order valence-corrected chi connectivity index (χ1v) is 33.3. The third-order valence-corrected chi connectivity index (χ3v) is 18.4. The third kappa shape index (κ3) is 20.4. The summed E-state index contributed by atoms with van der Waals surface area (Å²) in [5.74, 6) is 1.12. The van der Waals surface area contributed by atoms with E-state index in [1.807, 2.05) is 126 Å². The molecule has 0 radical (unpaired) electrons. The zero-order valence-electron chi connectivity index (χ0n) is 52.7. The molecule has 0 spiro atoms. The van der Waals surface area contributed by atoms with Crippen LogP contribution < -0.4 is 30.1 Å². The fourth-order valence-electron chi connectivity index (χ4n) is 10.4. The molecule has 3 aromatic carbocycles. The van der Waals surface area contributed by atoms with Crippen molar-refractivity contribution in [3.63, 3.8) is 0 Å². The average Bonchev–Trinajstić information content (AvgIpc) is 3.42. The van der Waals surface area contributed by atoms with Gasteiger partial charge < -0.3 is 30.2 Å². The van der Waals surface area contributed by atoms with Gasteiger partial charge in [0, 0.05) is 56.3 Å². The Kier molecular flexibility index (Phi) is 25.5. The molecule has 6 N–H and O–H groups in total. The van der Waals surface area contributed by atoms with Crippen LogP contribution in [0, 0.1) is 13.8 Å². The summed E-state index contributed by atoms with van der Waals surface area (Å²) in [5.41, 5.74) is 10.2. The predicted octanol–water partition coefficient (Wildman–Crippen LogP) is 10.8. The van der Waals surface area contributed by atoms with Crippen LogP contribution >= 0.6 is 0 Å². The topological polar surface area (TPSA) is 263 Å². The van der Waals surface area contributed by atoms with Crippen molar-refractivity contribution >= 4 is 65.8 Å². The largest absolute Gasteiger partial charge is 0.373 e. The number of nitrogens with zero attached hydrogens (tertiary/aromatic N) is 3. The molecule has 24 heteroatoms. The molecule has 0 bridgehead atoms. The van der Waals surface area contributed by atoms with E-state index in [-0.39, 0.29) is 111 Å². The number of nitrogens with one attached hydrogen (secondary N) is 6. The highest BCUT2D eigenvalue weighted by atomic mass is 32.2. The molecular formula is C59H97N9O12S3. The number of urea groups is 3. The minimum Gasteiger partial charge on any atom is -0.373 e. The lowest BCUT2D eigenvalue weighted by molar-refractivity contribution is -0.0444. The van der Waals surface area contributed by atoms with E-state index >= 15 is 0 Å². The minimum atomic E-state index is -3.95. The number of benzene rings is 3. The SMILES string of the molecule is CC1CN(S(=O)(=O)NC(=O)Nc2c(C(C)C)cccc2C(C)C)CC(C)O1.Cc1cc(C(C)C)c(NC(=O)NS(=O)(=O)N2CC(C)OC(C)C2)c(C(C)C)c1.Cc1cc(C(C)C)c(NC(=O)NS(=O)(=O)N2CC(C)OC(C)C2)c(C(C)C)c1. The van der Waals surface area contributed by atoms with E-state index in [4.69, 9.17) is 14.2 Å². The number of rotatable bonds is 15. The first kappa shape index (κ1) is 70.6. The summed E-state index contributed by atoms with van der Waals surface area (Å²) in [5, 5.41) is 8.37. The normalized spacial score (nSPS) is 21.3.